The van der Waals surface area contributed by atoms with Gasteiger partial charge in [0.25, 0.3) is 0 Å². The van der Waals surface area contributed by atoms with Crippen LogP contribution in [0.2, 0.25) is 0 Å². The summed E-state index contributed by atoms with van der Waals surface area (Å²) in [7, 11) is 0. The van der Waals surface area contributed by atoms with Crippen molar-refractivity contribution in [3.8, 4) is 5.75 Å². The molecule has 0 amide bonds. The standard InChI is InChI=1S/C24H25NO3.ClH/c1-2-27-24(26)22-13-11-19(12-14-22)16-25-17-21-9-6-10-23(15-21)28-18-20-7-4-3-5-8-20;/h3-15,25H,2,16-18H2,1H3;1H. The molecule has 0 aliphatic rings. The lowest BCUT2D eigenvalue weighted by Crippen LogP contribution is -2.13. The highest BCUT2D eigenvalue weighted by molar-refractivity contribution is 5.89. The van der Waals surface area contributed by atoms with Gasteiger partial charge >= 0.3 is 5.97 Å². The third kappa shape index (κ3) is 7.26. The Morgan fingerprint density at radius 1 is 0.828 bits per heavy atom. The zero-order valence-corrected chi connectivity index (χ0v) is 17.3. The maximum atomic E-state index is 11.7. The van der Waals surface area contributed by atoms with E-state index in [9.17, 15) is 4.79 Å². The van der Waals surface area contributed by atoms with Gasteiger partial charge in [0, 0.05) is 13.1 Å². The molecule has 152 valence electrons. The van der Waals surface area contributed by atoms with Gasteiger partial charge in [-0.3, -0.25) is 0 Å². The van der Waals surface area contributed by atoms with E-state index in [0.29, 0.717) is 18.8 Å². The summed E-state index contributed by atoms with van der Waals surface area (Å²) in [6, 6.07) is 25.7. The summed E-state index contributed by atoms with van der Waals surface area (Å²) in [5, 5.41) is 3.42. The van der Waals surface area contributed by atoms with Crippen LogP contribution in [0.5, 0.6) is 5.75 Å². The van der Waals surface area contributed by atoms with Crippen LogP contribution in [0.15, 0.2) is 78.9 Å². The molecule has 0 saturated carbocycles. The van der Waals surface area contributed by atoms with Crippen LogP contribution in [0, 0.1) is 0 Å². The minimum atomic E-state index is -0.283. The average Bonchev–Trinajstić information content (AvgIpc) is 2.74. The number of nitrogens with one attached hydrogen (secondary N) is 1. The molecule has 0 atom stereocenters. The molecule has 0 aromatic heterocycles. The number of ether oxygens (including phenoxy) is 2. The first kappa shape index (κ1) is 22.5. The SMILES string of the molecule is CCOC(=O)c1ccc(CNCc2cccc(OCc3ccccc3)c2)cc1.Cl. The highest BCUT2D eigenvalue weighted by atomic mass is 35.5. The largest absolute Gasteiger partial charge is 0.489 e. The number of hydrogen-bond acceptors (Lipinski definition) is 4. The minimum absolute atomic E-state index is 0. The van der Waals surface area contributed by atoms with Gasteiger partial charge in [-0.05, 0) is 47.9 Å². The van der Waals surface area contributed by atoms with Crippen molar-refractivity contribution in [2.24, 2.45) is 0 Å². The van der Waals surface area contributed by atoms with Gasteiger partial charge in [0.1, 0.15) is 12.4 Å². The lowest BCUT2D eigenvalue weighted by atomic mass is 10.1. The first-order chi connectivity index (χ1) is 13.7. The highest BCUT2D eigenvalue weighted by Gasteiger charge is 2.05. The second-order valence-corrected chi connectivity index (χ2v) is 6.44. The number of halogens is 1. The van der Waals surface area contributed by atoms with Crippen molar-refractivity contribution in [3.05, 3.63) is 101 Å². The lowest BCUT2D eigenvalue weighted by Gasteiger charge is -2.09. The quantitative estimate of drug-likeness (QED) is 0.494. The normalized spacial score (nSPS) is 10.1. The fourth-order valence-corrected chi connectivity index (χ4v) is 2.81. The van der Waals surface area contributed by atoms with Crippen LogP contribution < -0.4 is 10.1 Å². The first-order valence-electron chi connectivity index (χ1n) is 9.47. The Morgan fingerprint density at radius 2 is 1.52 bits per heavy atom. The molecule has 0 heterocycles. The van der Waals surface area contributed by atoms with Crippen LogP contribution in [0.1, 0.15) is 34.0 Å². The summed E-state index contributed by atoms with van der Waals surface area (Å²) in [4.78, 5) is 11.7. The zero-order chi connectivity index (χ0) is 19.6. The average molecular weight is 412 g/mol. The highest BCUT2D eigenvalue weighted by Crippen LogP contribution is 2.15. The molecule has 3 rings (SSSR count). The molecule has 0 unspecified atom stereocenters. The zero-order valence-electron chi connectivity index (χ0n) is 16.5. The number of carbonyl (C=O) groups excluding carboxylic acids is 1. The molecule has 3 aromatic rings. The summed E-state index contributed by atoms with van der Waals surface area (Å²) in [6.07, 6.45) is 0. The smallest absolute Gasteiger partial charge is 0.338 e. The number of carbonyl (C=O) groups is 1. The van der Waals surface area contributed by atoms with Crippen molar-refractivity contribution < 1.29 is 14.3 Å². The summed E-state index contributed by atoms with van der Waals surface area (Å²) >= 11 is 0. The van der Waals surface area contributed by atoms with Crippen molar-refractivity contribution >= 4 is 18.4 Å². The van der Waals surface area contributed by atoms with Crippen molar-refractivity contribution in [2.75, 3.05) is 6.61 Å². The van der Waals surface area contributed by atoms with E-state index in [1.165, 1.54) is 0 Å². The van der Waals surface area contributed by atoms with E-state index in [1.54, 1.807) is 19.1 Å². The molecule has 0 spiro atoms. The lowest BCUT2D eigenvalue weighted by molar-refractivity contribution is 0.0526. The molecule has 1 N–H and O–H groups in total. The van der Waals surface area contributed by atoms with Crippen LogP contribution in [0.25, 0.3) is 0 Å². The Hall–Kier alpha value is -2.82. The Labute approximate surface area is 178 Å². The molecule has 5 heteroatoms. The molecular formula is C24H26ClNO3. The summed E-state index contributed by atoms with van der Waals surface area (Å²) in [5.74, 6) is 0.580. The number of hydrogen-bond donors (Lipinski definition) is 1. The fourth-order valence-electron chi connectivity index (χ4n) is 2.81. The first-order valence-corrected chi connectivity index (χ1v) is 9.47. The van der Waals surface area contributed by atoms with Crippen molar-refractivity contribution in [1.82, 2.24) is 5.32 Å². The third-order valence-corrected chi connectivity index (χ3v) is 4.27. The maximum Gasteiger partial charge on any atom is 0.338 e. The van der Waals surface area contributed by atoms with Gasteiger partial charge < -0.3 is 14.8 Å². The van der Waals surface area contributed by atoms with Gasteiger partial charge in [0.2, 0.25) is 0 Å². The van der Waals surface area contributed by atoms with E-state index >= 15 is 0 Å². The molecule has 29 heavy (non-hydrogen) atoms. The van der Waals surface area contributed by atoms with Gasteiger partial charge in [-0.15, -0.1) is 12.4 Å². The van der Waals surface area contributed by atoms with Crippen molar-refractivity contribution in [3.63, 3.8) is 0 Å². The summed E-state index contributed by atoms with van der Waals surface area (Å²) < 4.78 is 10.9. The third-order valence-electron chi connectivity index (χ3n) is 4.27. The molecule has 3 aromatic carbocycles. The predicted octanol–water partition coefficient (Wildman–Crippen LogP) is 5.15. The second kappa shape index (κ2) is 11.9. The molecule has 0 bridgehead atoms. The van der Waals surface area contributed by atoms with E-state index in [1.807, 2.05) is 42.5 Å². The van der Waals surface area contributed by atoms with Crippen molar-refractivity contribution in [2.45, 2.75) is 26.6 Å². The fraction of sp³-hybridized carbons (Fsp3) is 0.208. The molecule has 0 fully saturated rings. The molecule has 0 saturated heterocycles. The van der Waals surface area contributed by atoms with Gasteiger partial charge in [-0.2, -0.15) is 0 Å². The molecule has 0 aliphatic heterocycles. The van der Waals surface area contributed by atoms with Gasteiger partial charge in [0.15, 0.2) is 0 Å². The van der Waals surface area contributed by atoms with E-state index in [2.05, 4.69) is 29.6 Å². The van der Waals surface area contributed by atoms with E-state index in [-0.39, 0.29) is 18.4 Å². The second-order valence-electron chi connectivity index (χ2n) is 6.44. The number of benzene rings is 3. The van der Waals surface area contributed by atoms with Crippen molar-refractivity contribution in [1.29, 1.82) is 0 Å². The Balaban J connectivity index is 0.00000300. The summed E-state index contributed by atoms with van der Waals surface area (Å²) in [6.45, 7) is 4.21. The van der Waals surface area contributed by atoms with Crippen LogP contribution in [-0.4, -0.2) is 12.6 Å². The Morgan fingerprint density at radius 3 is 2.24 bits per heavy atom. The van der Waals surface area contributed by atoms with Crippen LogP contribution in [-0.2, 0) is 24.4 Å². The Kier molecular flexibility index (Phi) is 9.22. The van der Waals surface area contributed by atoms with Gasteiger partial charge in [0.05, 0.1) is 12.2 Å². The predicted molar refractivity (Wildman–Crippen MR) is 117 cm³/mol. The van der Waals surface area contributed by atoms with Gasteiger partial charge in [-0.1, -0.05) is 54.6 Å². The topological polar surface area (TPSA) is 47.6 Å². The summed E-state index contributed by atoms with van der Waals surface area (Å²) in [5.41, 5.74) is 4.00. The van der Waals surface area contributed by atoms with Crippen LogP contribution in [0.4, 0.5) is 0 Å². The van der Waals surface area contributed by atoms with Crippen LogP contribution >= 0.6 is 12.4 Å². The number of rotatable bonds is 9. The molecular weight excluding hydrogens is 386 g/mol. The molecule has 0 radical (unpaired) electrons. The van der Waals surface area contributed by atoms with E-state index < -0.39 is 0 Å². The minimum Gasteiger partial charge on any atom is -0.489 e. The van der Waals surface area contributed by atoms with E-state index in [4.69, 9.17) is 9.47 Å². The van der Waals surface area contributed by atoms with Gasteiger partial charge in [-0.25, -0.2) is 4.79 Å². The maximum absolute atomic E-state index is 11.7. The molecule has 0 aliphatic carbocycles. The Bertz CT molecular complexity index is 882. The monoisotopic (exact) mass is 411 g/mol. The van der Waals surface area contributed by atoms with Crippen LogP contribution in [0.3, 0.4) is 0 Å². The molecule has 4 nitrogen and oxygen atoms in total. The number of esters is 1. The van der Waals surface area contributed by atoms with E-state index in [0.717, 1.165) is 35.5 Å².